The van der Waals surface area contributed by atoms with Crippen molar-refractivity contribution in [3.63, 3.8) is 0 Å². The standard InChI is InChI=1S/C7H5ClNO2/c1-11-7(10)6-4-5(8)2-3-9-6/h3-4H,1H3. The number of hydrogen-bond donors (Lipinski definition) is 0. The van der Waals surface area contributed by atoms with Crippen molar-refractivity contribution in [3.05, 3.63) is 29.0 Å². The van der Waals surface area contributed by atoms with E-state index >= 15 is 0 Å². The Hall–Kier alpha value is -1.09. The highest BCUT2D eigenvalue weighted by Gasteiger charge is 2.05. The van der Waals surface area contributed by atoms with Crippen molar-refractivity contribution in [2.45, 2.75) is 0 Å². The summed E-state index contributed by atoms with van der Waals surface area (Å²) in [6.45, 7) is 0. The van der Waals surface area contributed by atoms with E-state index in [4.69, 9.17) is 11.6 Å². The number of pyridine rings is 1. The van der Waals surface area contributed by atoms with Crippen LogP contribution in [-0.2, 0) is 4.74 Å². The van der Waals surface area contributed by atoms with Gasteiger partial charge in [-0.3, -0.25) is 0 Å². The van der Waals surface area contributed by atoms with Crippen molar-refractivity contribution < 1.29 is 9.53 Å². The molecule has 0 spiro atoms. The van der Waals surface area contributed by atoms with Gasteiger partial charge < -0.3 is 4.74 Å². The number of ether oxygens (including phenoxy) is 1. The molecule has 0 atom stereocenters. The van der Waals surface area contributed by atoms with Gasteiger partial charge in [0.25, 0.3) is 0 Å². The summed E-state index contributed by atoms with van der Waals surface area (Å²) in [7, 11) is 1.29. The molecule has 0 saturated heterocycles. The second-order valence-corrected chi connectivity index (χ2v) is 2.18. The van der Waals surface area contributed by atoms with E-state index in [0.717, 1.165) is 0 Å². The summed E-state index contributed by atoms with van der Waals surface area (Å²) in [6.07, 6.45) is 1.33. The molecule has 0 amide bonds. The quantitative estimate of drug-likeness (QED) is 0.597. The Morgan fingerprint density at radius 1 is 1.82 bits per heavy atom. The predicted octanol–water partition coefficient (Wildman–Crippen LogP) is 1.32. The zero-order chi connectivity index (χ0) is 8.27. The molecule has 0 aromatic carbocycles. The van der Waals surface area contributed by atoms with E-state index in [1.54, 1.807) is 0 Å². The molecule has 1 radical (unpaired) electrons. The maximum atomic E-state index is 10.8. The lowest BCUT2D eigenvalue weighted by molar-refractivity contribution is 0.0594. The average Bonchev–Trinajstić information content (AvgIpc) is 2.03. The fourth-order valence-electron chi connectivity index (χ4n) is 0.579. The van der Waals surface area contributed by atoms with Crippen LogP contribution in [0.5, 0.6) is 0 Å². The summed E-state index contributed by atoms with van der Waals surface area (Å²) in [4.78, 5) is 14.5. The lowest BCUT2D eigenvalue weighted by atomic mass is 10.3. The third-order valence-electron chi connectivity index (χ3n) is 1.06. The minimum atomic E-state index is -0.499. The van der Waals surface area contributed by atoms with E-state index in [9.17, 15) is 4.79 Å². The molecule has 1 heterocycles. The van der Waals surface area contributed by atoms with Crippen LogP contribution >= 0.6 is 11.6 Å². The van der Waals surface area contributed by atoms with E-state index in [0.29, 0.717) is 5.02 Å². The molecule has 1 aromatic heterocycles. The molecule has 0 fully saturated rings. The van der Waals surface area contributed by atoms with Crippen molar-refractivity contribution in [1.29, 1.82) is 0 Å². The number of methoxy groups -OCH3 is 1. The lowest BCUT2D eigenvalue weighted by Crippen LogP contribution is -2.03. The first-order valence-electron chi connectivity index (χ1n) is 2.85. The number of carbonyl (C=O) groups excluding carboxylic acids is 1. The number of rotatable bonds is 1. The monoisotopic (exact) mass is 170 g/mol. The first-order valence-corrected chi connectivity index (χ1v) is 3.23. The molecule has 57 valence electrons. The molecule has 0 unspecified atom stereocenters. The minimum Gasteiger partial charge on any atom is -0.464 e. The molecule has 0 aliphatic carbocycles. The third-order valence-corrected chi connectivity index (χ3v) is 1.28. The average molecular weight is 171 g/mol. The SMILES string of the molecule is COC(=O)c1cc(Cl)[c]cn1. The van der Waals surface area contributed by atoms with Crippen molar-refractivity contribution >= 4 is 17.6 Å². The van der Waals surface area contributed by atoms with Gasteiger partial charge in [0.15, 0.2) is 0 Å². The maximum absolute atomic E-state index is 10.8. The van der Waals surface area contributed by atoms with Gasteiger partial charge in [-0.05, 0) is 6.07 Å². The van der Waals surface area contributed by atoms with Gasteiger partial charge in [-0.25, -0.2) is 9.78 Å². The van der Waals surface area contributed by atoms with Crippen LogP contribution in [0.2, 0.25) is 5.02 Å². The van der Waals surface area contributed by atoms with Gasteiger partial charge >= 0.3 is 5.97 Å². The molecule has 1 aromatic rings. The van der Waals surface area contributed by atoms with E-state index in [1.165, 1.54) is 19.4 Å². The second-order valence-electron chi connectivity index (χ2n) is 1.77. The zero-order valence-corrected chi connectivity index (χ0v) is 6.55. The summed E-state index contributed by atoms with van der Waals surface area (Å²) in [5.74, 6) is -0.499. The molecular weight excluding hydrogens is 166 g/mol. The maximum Gasteiger partial charge on any atom is 0.356 e. The predicted molar refractivity (Wildman–Crippen MR) is 39.4 cm³/mol. The van der Waals surface area contributed by atoms with Crippen LogP contribution in [0.3, 0.4) is 0 Å². The highest BCUT2D eigenvalue weighted by molar-refractivity contribution is 6.30. The molecule has 1 rings (SSSR count). The molecule has 4 heteroatoms. The van der Waals surface area contributed by atoms with Crippen LogP contribution in [-0.4, -0.2) is 18.1 Å². The molecule has 0 saturated carbocycles. The molecule has 0 aliphatic rings. The van der Waals surface area contributed by atoms with Gasteiger partial charge in [-0.2, -0.15) is 0 Å². The van der Waals surface area contributed by atoms with Gasteiger partial charge in [0.2, 0.25) is 0 Å². The largest absolute Gasteiger partial charge is 0.464 e. The Morgan fingerprint density at radius 2 is 2.55 bits per heavy atom. The molecule has 0 N–H and O–H groups in total. The summed E-state index contributed by atoms with van der Waals surface area (Å²) < 4.78 is 4.42. The third kappa shape index (κ3) is 1.91. The minimum absolute atomic E-state index is 0.191. The van der Waals surface area contributed by atoms with Crippen molar-refractivity contribution in [1.82, 2.24) is 4.98 Å². The normalized spacial score (nSPS) is 9.27. The van der Waals surface area contributed by atoms with E-state index in [2.05, 4.69) is 15.8 Å². The zero-order valence-electron chi connectivity index (χ0n) is 5.80. The summed E-state index contributed by atoms with van der Waals surface area (Å²) in [5, 5.41) is 0.348. The highest BCUT2D eigenvalue weighted by atomic mass is 35.5. The van der Waals surface area contributed by atoms with Gasteiger partial charge in [0, 0.05) is 12.3 Å². The smallest absolute Gasteiger partial charge is 0.356 e. The van der Waals surface area contributed by atoms with E-state index in [-0.39, 0.29) is 5.69 Å². The highest BCUT2D eigenvalue weighted by Crippen LogP contribution is 2.07. The van der Waals surface area contributed by atoms with Crippen molar-refractivity contribution in [2.75, 3.05) is 7.11 Å². The summed E-state index contributed by atoms with van der Waals surface area (Å²) >= 11 is 5.54. The molecule has 0 aliphatic heterocycles. The Morgan fingerprint density at radius 3 is 3.09 bits per heavy atom. The first kappa shape index (κ1) is 8.01. The number of hydrogen-bond acceptors (Lipinski definition) is 3. The van der Waals surface area contributed by atoms with Gasteiger partial charge in [0.05, 0.1) is 12.1 Å². The Labute approximate surface area is 69.0 Å². The number of halogens is 1. The van der Waals surface area contributed by atoms with Crippen LogP contribution in [0.25, 0.3) is 0 Å². The van der Waals surface area contributed by atoms with Gasteiger partial charge in [-0.15, -0.1) is 0 Å². The van der Waals surface area contributed by atoms with Crippen molar-refractivity contribution in [2.24, 2.45) is 0 Å². The van der Waals surface area contributed by atoms with Crippen molar-refractivity contribution in [3.8, 4) is 0 Å². The summed E-state index contributed by atoms with van der Waals surface area (Å²) in [5.41, 5.74) is 0.191. The van der Waals surface area contributed by atoms with Crippen LogP contribution in [0, 0.1) is 6.07 Å². The van der Waals surface area contributed by atoms with Gasteiger partial charge in [-0.1, -0.05) is 11.6 Å². The first-order chi connectivity index (χ1) is 5.24. The Kier molecular flexibility index (Phi) is 2.44. The molecule has 3 nitrogen and oxygen atoms in total. The molecule has 11 heavy (non-hydrogen) atoms. The Balaban J connectivity index is 2.96. The van der Waals surface area contributed by atoms with E-state index < -0.39 is 5.97 Å². The van der Waals surface area contributed by atoms with Crippen LogP contribution in [0.4, 0.5) is 0 Å². The summed E-state index contributed by atoms with van der Waals surface area (Å²) in [6, 6.07) is 3.99. The molecular formula is C7H5ClNO2. The van der Waals surface area contributed by atoms with E-state index in [1.807, 2.05) is 0 Å². The van der Waals surface area contributed by atoms with Crippen LogP contribution < -0.4 is 0 Å². The number of nitrogens with zero attached hydrogens (tertiary/aromatic N) is 1. The second kappa shape index (κ2) is 3.34. The lowest BCUT2D eigenvalue weighted by Gasteiger charge is -1.96. The topological polar surface area (TPSA) is 39.2 Å². The Bertz CT molecular complexity index is 275. The molecule has 0 bridgehead atoms. The number of aromatic nitrogens is 1. The van der Waals surface area contributed by atoms with Crippen LogP contribution in [0.1, 0.15) is 10.5 Å². The fraction of sp³-hybridized carbons (Fsp3) is 0.143. The fourth-order valence-corrected chi connectivity index (χ4v) is 0.731. The number of carbonyl (C=O) groups is 1. The van der Waals surface area contributed by atoms with Crippen LogP contribution in [0.15, 0.2) is 12.3 Å². The number of esters is 1. The van der Waals surface area contributed by atoms with Gasteiger partial charge in [0.1, 0.15) is 5.69 Å².